The van der Waals surface area contributed by atoms with Gasteiger partial charge in [0, 0.05) is 6.08 Å². The Bertz CT molecular complexity index is 539. The zero-order valence-corrected chi connectivity index (χ0v) is 7.68. The number of H-pyrrole nitrogens is 1. The summed E-state index contributed by atoms with van der Waals surface area (Å²) in [6.45, 7) is 0. The summed E-state index contributed by atoms with van der Waals surface area (Å²) in [5, 5.41) is 14.9. The van der Waals surface area contributed by atoms with E-state index >= 15 is 0 Å². The SMILES string of the molecule is O=c1[nH]nc(/C=C/c2cccc(O)c2)o1. The molecule has 1 heterocycles. The van der Waals surface area contributed by atoms with Crippen LogP contribution in [0.25, 0.3) is 12.2 Å². The fourth-order valence-electron chi connectivity index (χ4n) is 1.11. The summed E-state index contributed by atoms with van der Waals surface area (Å²) in [5.41, 5.74) is 0.792. The van der Waals surface area contributed by atoms with E-state index in [0.29, 0.717) is 0 Å². The number of phenols is 1. The van der Waals surface area contributed by atoms with Gasteiger partial charge in [0.2, 0.25) is 5.89 Å². The molecule has 2 aromatic rings. The summed E-state index contributed by atoms with van der Waals surface area (Å²) < 4.78 is 4.66. The van der Waals surface area contributed by atoms with Crippen LogP contribution in [0.4, 0.5) is 0 Å². The second kappa shape index (κ2) is 3.83. The molecule has 2 N–H and O–H groups in total. The second-order valence-corrected chi connectivity index (χ2v) is 2.88. The molecule has 0 spiro atoms. The number of benzene rings is 1. The third-order valence-electron chi connectivity index (χ3n) is 1.74. The summed E-state index contributed by atoms with van der Waals surface area (Å²) in [6.07, 6.45) is 3.21. The Morgan fingerprint density at radius 1 is 1.40 bits per heavy atom. The van der Waals surface area contributed by atoms with Crippen molar-refractivity contribution in [3.05, 3.63) is 46.3 Å². The number of aromatic amines is 1. The molecule has 0 bridgehead atoms. The number of nitrogens with zero attached hydrogens (tertiary/aromatic N) is 1. The lowest BCUT2D eigenvalue weighted by atomic mass is 10.2. The van der Waals surface area contributed by atoms with E-state index < -0.39 is 5.76 Å². The van der Waals surface area contributed by atoms with E-state index in [2.05, 4.69) is 14.6 Å². The van der Waals surface area contributed by atoms with Gasteiger partial charge < -0.3 is 9.52 Å². The molecule has 0 radical (unpaired) electrons. The van der Waals surface area contributed by atoms with Gasteiger partial charge in [0.25, 0.3) is 0 Å². The highest BCUT2D eigenvalue weighted by Gasteiger charge is 1.95. The molecule has 0 saturated heterocycles. The Labute approximate surface area is 84.7 Å². The quantitative estimate of drug-likeness (QED) is 0.771. The number of aromatic nitrogens is 2. The summed E-state index contributed by atoms with van der Waals surface area (Å²) in [7, 11) is 0. The van der Waals surface area contributed by atoms with Crippen LogP contribution in [0.3, 0.4) is 0 Å². The van der Waals surface area contributed by atoms with Gasteiger partial charge in [0.15, 0.2) is 0 Å². The topological polar surface area (TPSA) is 79.1 Å². The maximum Gasteiger partial charge on any atom is 0.434 e. The summed E-state index contributed by atoms with van der Waals surface area (Å²) >= 11 is 0. The molecule has 1 aromatic carbocycles. The average Bonchev–Trinajstić information content (AvgIpc) is 2.62. The molecule has 5 nitrogen and oxygen atoms in total. The minimum absolute atomic E-state index is 0.181. The van der Waals surface area contributed by atoms with Gasteiger partial charge in [-0.3, -0.25) is 0 Å². The number of hydrogen-bond acceptors (Lipinski definition) is 4. The van der Waals surface area contributed by atoms with Crippen molar-refractivity contribution in [3.63, 3.8) is 0 Å². The Morgan fingerprint density at radius 2 is 2.27 bits per heavy atom. The fourth-order valence-corrected chi connectivity index (χ4v) is 1.11. The number of rotatable bonds is 2. The van der Waals surface area contributed by atoms with E-state index in [1.54, 1.807) is 30.3 Å². The minimum atomic E-state index is -0.592. The highest BCUT2D eigenvalue weighted by Crippen LogP contribution is 2.12. The van der Waals surface area contributed by atoms with Crippen LogP contribution in [-0.2, 0) is 0 Å². The van der Waals surface area contributed by atoms with Crippen LogP contribution in [0.1, 0.15) is 11.5 Å². The molecular formula is C10H8N2O3. The molecule has 0 aliphatic carbocycles. The number of hydrogen-bond donors (Lipinski definition) is 2. The number of aromatic hydroxyl groups is 1. The molecule has 15 heavy (non-hydrogen) atoms. The van der Waals surface area contributed by atoms with E-state index in [1.807, 2.05) is 0 Å². The lowest BCUT2D eigenvalue weighted by molar-refractivity contribution is 0.475. The van der Waals surface area contributed by atoms with E-state index in [0.717, 1.165) is 5.56 Å². The molecule has 76 valence electrons. The molecule has 0 fully saturated rings. The normalized spacial score (nSPS) is 10.9. The number of nitrogens with one attached hydrogen (secondary N) is 1. The van der Waals surface area contributed by atoms with Gasteiger partial charge in [0.05, 0.1) is 0 Å². The molecule has 0 unspecified atom stereocenters. The van der Waals surface area contributed by atoms with E-state index in [4.69, 9.17) is 0 Å². The van der Waals surface area contributed by atoms with Crippen molar-refractivity contribution in [1.82, 2.24) is 10.2 Å². The lowest BCUT2D eigenvalue weighted by Gasteiger charge is -1.92. The first-order valence-corrected chi connectivity index (χ1v) is 4.27. The maximum atomic E-state index is 10.6. The minimum Gasteiger partial charge on any atom is -0.508 e. The van der Waals surface area contributed by atoms with Gasteiger partial charge >= 0.3 is 5.76 Å². The molecule has 0 saturated carbocycles. The van der Waals surface area contributed by atoms with Crippen molar-refractivity contribution in [2.45, 2.75) is 0 Å². The van der Waals surface area contributed by atoms with Crippen LogP contribution in [-0.4, -0.2) is 15.3 Å². The van der Waals surface area contributed by atoms with Gasteiger partial charge in [-0.15, -0.1) is 5.10 Å². The smallest absolute Gasteiger partial charge is 0.434 e. The average molecular weight is 204 g/mol. The largest absolute Gasteiger partial charge is 0.508 e. The van der Waals surface area contributed by atoms with E-state index in [9.17, 15) is 9.90 Å². The standard InChI is InChI=1S/C10H8N2O3/c13-8-3-1-2-7(6-8)4-5-9-11-12-10(14)15-9/h1-6,13H,(H,12,14)/b5-4+. The van der Waals surface area contributed by atoms with E-state index in [1.165, 1.54) is 6.08 Å². The summed E-state index contributed by atoms with van der Waals surface area (Å²) in [5.74, 6) is -0.213. The third kappa shape index (κ3) is 2.34. The Morgan fingerprint density at radius 3 is 2.93 bits per heavy atom. The predicted molar refractivity (Wildman–Crippen MR) is 54.2 cm³/mol. The Hall–Kier alpha value is -2.30. The van der Waals surface area contributed by atoms with Crippen LogP contribution in [0.5, 0.6) is 5.75 Å². The van der Waals surface area contributed by atoms with Crippen LogP contribution < -0.4 is 5.76 Å². The van der Waals surface area contributed by atoms with Gasteiger partial charge in [-0.2, -0.15) is 0 Å². The second-order valence-electron chi connectivity index (χ2n) is 2.88. The van der Waals surface area contributed by atoms with Crippen LogP contribution in [0.15, 0.2) is 33.5 Å². The highest BCUT2D eigenvalue weighted by molar-refractivity contribution is 5.66. The first-order chi connectivity index (χ1) is 7.24. The van der Waals surface area contributed by atoms with Crippen molar-refractivity contribution >= 4 is 12.2 Å². The Balaban J connectivity index is 2.21. The molecule has 0 aliphatic heterocycles. The fraction of sp³-hybridized carbons (Fsp3) is 0. The zero-order valence-electron chi connectivity index (χ0n) is 7.68. The summed E-state index contributed by atoms with van der Waals surface area (Å²) in [4.78, 5) is 10.6. The van der Waals surface area contributed by atoms with Gasteiger partial charge in [-0.1, -0.05) is 12.1 Å². The monoisotopic (exact) mass is 204 g/mol. The lowest BCUT2D eigenvalue weighted by Crippen LogP contribution is -1.93. The van der Waals surface area contributed by atoms with Crippen molar-refractivity contribution in [3.8, 4) is 5.75 Å². The van der Waals surface area contributed by atoms with Gasteiger partial charge in [0.1, 0.15) is 5.75 Å². The molecular weight excluding hydrogens is 196 g/mol. The molecule has 5 heteroatoms. The summed E-state index contributed by atoms with van der Waals surface area (Å²) in [6, 6.07) is 6.68. The van der Waals surface area contributed by atoms with Gasteiger partial charge in [-0.25, -0.2) is 9.89 Å². The molecule has 2 rings (SSSR count). The maximum absolute atomic E-state index is 10.6. The van der Waals surface area contributed by atoms with E-state index in [-0.39, 0.29) is 11.6 Å². The molecule has 0 amide bonds. The van der Waals surface area contributed by atoms with Crippen molar-refractivity contribution in [2.24, 2.45) is 0 Å². The van der Waals surface area contributed by atoms with Crippen LogP contribution >= 0.6 is 0 Å². The molecule has 0 atom stereocenters. The van der Waals surface area contributed by atoms with Crippen LogP contribution in [0, 0.1) is 0 Å². The highest BCUT2D eigenvalue weighted by atomic mass is 16.4. The first-order valence-electron chi connectivity index (χ1n) is 4.27. The van der Waals surface area contributed by atoms with Crippen molar-refractivity contribution in [2.75, 3.05) is 0 Å². The molecule has 0 aliphatic rings. The van der Waals surface area contributed by atoms with Crippen molar-refractivity contribution in [1.29, 1.82) is 0 Å². The first kappa shape index (κ1) is 9.26. The zero-order chi connectivity index (χ0) is 10.7. The molecule has 1 aromatic heterocycles. The number of phenolic OH excluding ortho intramolecular Hbond substituents is 1. The Kier molecular flexibility index (Phi) is 2.37. The van der Waals surface area contributed by atoms with Gasteiger partial charge in [-0.05, 0) is 23.8 Å². The predicted octanol–water partition coefficient (Wildman–Crippen LogP) is 1.24. The van der Waals surface area contributed by atoms with Crippen LogP contribution in [0.2, 0.25) is 0 Å². The van der Waals surface area contributed by atoms with Crippen molar-refractivity contribution < 1.29 is 9.52 Å². The third-order valence-corrected chi connectivity index (χ3v) is 1.74.